The third-order valence-corrected chi connectivity index (χ3v) is 4.68. The summed E-state index contributed by atoms with van der Waals surface area (Å²) in [5, 5.41) is 10.1. The van der Waals surface area contributed by atoms with Gasteiger partial charge in [0.25, 0.3) is 0 Å². The summed E-state index contributed by atoms with van der Waals surface area (Å²) in [7, 11) is 1.93. The summed E-state index contributed by atoms with van der Waals surface area (Å²) in [6, 6.07) is 0.575. The Morgan fingerprint density at radius 3 is 3.00 bits per heavy atom. The molecule has 1 unspecified atom stereocenters. The maximum Gasteiger partial charge on any atom is 0.168 e. The van der Waals surface area contributed by atoms with Gasteiger partial charge in [0.15, 0.2) is 5.16 Å². The molecule has 1 N–H and O–H groups in total. The van der Waals surface area contributed by atoms with Gasteiger partial charge in [0, 0.05) is 31.9 Å². The van der Waals surface area contributed by atoms with Crippen LogP contribution in [0.15, 0.2) is 11.4 Å². The zero-order valence-electron chi connectivity index (χ0n) is 11.9. The van der Waals surface area contributed by atoms with Crippen molar-refractivity contribution in [2.45, 2.75) is 37.8 Å². The zero-order chi connectivity index (χ0) is 13.8. The van der Waals surface area contributed by atoms with Crippen LogP contribution in [0.4, 0.5) is 0 Å². The summed E-state index contributed by atoms with van der Waals surface area (Å²) >= 11 is 1.69. The van der Waals surface area contributed by atoms with Crippen molar-refractivity contribution in [2.24, 2.45) is 7.05 Å². The van der Waals surface area contributed by atoms with E-state index in [-0.39, 0.29) is 12.7 Å². The lowest BCUT2D eigenvalue weighted by molar-refractivity contribution is -0.0265. The van der Waals surface area contributed by atoms with Crippen LogP contribution in [0.2, 0.25) is 0 Å². The minimum Gasteiger partial charge on any atom is -0.390 e. The number of rotatable bonds is 5. The van der Waals surface area contributed by atoms with Crippen molar-refractivity contribution in [2.75, 3.05) is 25.4 Å². The Morgan fingerprint density at radius 2 is 2.37 bits per heavy atom. The lowest BCUT2D eigenvalue weighted by atomic mass is 10.2. The van der Waals surface area contributed by atoms with Gasteiger partial charge in [0.1, 0.15) is 0 Å². The van der Waals surface area contributed by atoms with E-state index in [9.17, 15) is 0 Å². The second-order valence-electron chi connectivity index (χ2n) is 5.14. The Kier molecular flexibility index (Phi) is 5.27. The number of hydrogen-bond donors (Lipinski definition) is 1. The highest BCUT2D eigenvalue weighted by Gasteiger charge is 2.22. The lowest BCUT2D eigenvalue weighted by Gasteiger charge is -2.35. The van der Waals surface area contributed by atoms with Crippen LogP contribution in [0.1, 0.15) is 19.5 Å². The largest absolute Gasteiger partial charge is 0.390 e. The molecule has 1 aromatic rings. The van der Waals surface area contributed by atoms with Crippen LogP contribution >= 0.6 is 11.8 Å². The first-order valence-electron chi connectivity index (χ1n) is 6.71. The van der Waals surface area contributed by atoms with Gasteiger partial charge in [-0.15, -0.1) is 0 Å². The van der Waals surface area contributed by atoms with Crippen molar-refractivity contribution in [3.63, 3.8) is 0 Å². The molecule has 0 saturated carbocycles. The summed E-state index contributed by atoms with van der Waals surface area (Å²) in [6.45, 7) is 7.30. The molecule has 2 heterocycles. The Labute approximate surface area is 119 Å². The number of hydrogen-bond acceptors (Lipinski definition) is 5. The molecule has 1 fully saturated rings. The standard InChI is InChI=1S/C13H23N3O2S/c1-10(2)16-4-5-18-12(7-16)9-19-13-14-6-11(8-17)15(13)3/h6,10,12,17H,4-5,7-9H2,1-3H3. The van der Waals surface area contributed by atoms with Crippen LogP contribution in [-0.2, 0) is 18.4 Å². The topological polar surface area (TPSA) is 50.5 Å². The van der Waals surface area contributed by atoms with E-state index in [1.807, 2.05) is 11.6 Å². The maximum atomic E-state index is 9.14. The molecule has 19 heavy (non-hydrogen) atoms. The van der Waals surface area contributed by atoms with Gasteiger partial charge in [0.05, 0.1) is 31.2 Å². The predicted octanol–water partition coefficient (Wildman–Crippen LogP) is 1.11. The molecular weight excluding hydrogens is 262 g/mol. The number of nitrogens with zero attached hydrogens (tertiary/aromatic N) is 3. The molecule has 1 aliphatic heterocycles. The third-order valence-electron chi connectivity index (χ3n) is 3.50. The van der Waals surface area contributed by atoms with Crippen molar-refractivity contribution in [1.29, 1.82) is 0 Å². The van der Waals surface area contributed by atoms with Gasteiger partial charge in [-0.05, 0) is 13.8 Å². The van der Waals surface area contributed by atoms with Crippen molar-refractivity contribution < 1.29 is 9.84 Å². The molecule has 1 atom stereocenters. The smallest absolute Gasteiger partial charge is 0.168 e. The van der Waals surface area contributed by atoms with Gasteiger partial charge in [0.2, 0.25) is 0 Å². The van der Waals surface area contributed by atoms with Crippen molar-refractivity contribution >= 4 is 11.8 Å². The third kappa shape index (κ3) is 3.72. The van der Waals surface area contributed by atoms with Crippen LogP contribution in [0.5, 0.6) is 0 Å². The highest BCUT2D eigenvalue weighted by molar-refractivity contribution is 7.99. The van der Waals surface area contributed by atoms with Crippen molar-refractivity contribution in [1.82, 2.24) is 14.5 Å². The highest BCUT2D eigenvalue weighted by atomic mass is 32.2. The zero-order valence-corrected chi connectivity index (χ0v) is 12.7. The van der Waals surface area contributed by atoms with E-state index in [4.69, 9.17) is 9.84 Å². The minimum absolute atomic E-state index is 0.0329. The van der Waals surface area contributed by atoms with E-state index in [2.05, 4.69) is 23.7 Å². The van der Waals surface area contributed by atoms with Gasteiger partial charge in [-0.3, -0.25) is 4.90 Å². The molecule has 0 radical (unpaired) electrons. The van der Waals surface area contributed by atoms with Crippen LogP contribution in [0.3, 0.4) is 0 Å². The van der Waals surface area contributed by atoms with Gasteiger partial charge in [-0.25, -0.2) is 4.98 Å². The highest BCUT2D eigenvalue weighted by Crippen LogP contribution is 2.21. The fourth-order valence-corrected chi connectivity index (χ4v) is 3.16. The molecule has 0 aliphatic carbocycles. The second-order valence-corrected chi connectivity index (χ2v) is 6.13. The van der Waals surface area contributed by atoms with E-state index in [1.54, 1.807) is 18.0 Å². The molecular formula is C13H23N3O2S. The normalized spacial score (nSPS) is 21.2. The van der Waals surface area contributed by atoms with E-state index in [0.29, 0.717) is 6.04 Å². The van der Waals surface area contributed by atoms with E-state index >= 15 is 0 Å². The van der Waals surface area contributed by atoms with Crippen molar-refractivity contribution in [3.8, 4) is 0 Å². The molecule has 5 nitrogen and oxygen atoms in total. The van der Waals surface area contributed by atoms with Crippen LogP contribution in [0.25, 0.3) is 0 Å². The van der Waals surface area contributed by atoms with E-state index in [1.165, 1.54) is 0 Å². The molecule has 1 saturated heterocycles. The summed E-state index contributed by atoms with van der Waals surface area (Å²) in [5.74, 6) is 0.902. The summed E-state index contributed by atoms with van der Waals surface area (Å²) in [5.41, 5.74) is 0.843. The fraction of sp³-hybridized carbons (Fsp3) is 0.769. The first-order chi connectivity index (χ1) is 9.11. The van der Waals surface area contributed by atoms with Crippen molar-refractivity contribution in [3.05, 3.63) is 11.9 Å². The molecule has 1 aromatic heterocycles. The van der Waals surface area contributed by atoms with Crippen LogP contribution in [-0.4, -0.2) is 57.2 Å². The summed E-state index contributed by atoms with van der Waals surface area (Å²) in [4.78, 5) is 6.77. The lowest BCUT2D eigenvalue weighted by Crippen LogP contribution is -2.46. The number of aliphatic hydroxyl groups excluding tert-OH is 1. The monoisotopic (exact) mass is 285 g/mol. The minimum atomic E-state index is 0.0329. The number of aromatic nitrogens is 2. The first kappa shape index (κ1) is 14.8. The van der Waals surface area contributed by atoms with E-state index < -0.39 is 0 Å². The number of morpholine rings is 1. The SMILES string of the molecule is CC(C)N1CCOC(CSc2ncc(CO)n2C)C1. The molecule has 0 amide bonds. The molecule has 2 rings (SSSR count). The maximum absolute atomic E-state index is 9.14. The molecule has 0 bridgehead atoms. The fourth-order valence-electron chi connectivity index (χ4n) is 2.19. The Hall–Kier alpha value is -0.560. The second kappa shape index (κ2) is 6.74. The molecule has 0 spiro atoms. The van der Waals surface area contributed by atoms with Gasteiger partial charge < -0.3 is 14.4 Å². The average molecular weight is 285 g/mol. The molecule has 1 aliphatic rings. The van der Waals surface area contributed by atoms with E-state index in [0.717, 1.165) is 36.3 Å². The summed E-state index contributed by atoms with van der Waals surface area (Å²) in [6.07, 6.45) is 1.99. The Balaban J connectivity index is 1.86. The average Bonchev–Trinajstić information content (AvgIpc) is 2.77. The van der Waals surface area contributed by atoms with Crippen LogP contribution in [0, 0.1) is 0 Å². The number of thioether (sulfide) groups is 1. The summed E-state index contributed by atoms with van der Waals surface area (Å²) < 4.78 is 7.74. The van der Waals surface area contributed by atoms with Crippen LogP contribution < -0.4 is 0 Å². The predicted molar refractivity (Wildman–Crippen MR) is 76.3 cm³/mol. The quantitative estimate of drug-likeness (QED) is 0.822. The molecule has 6 heteroatoms. The van der Waals surface area contributed by atoms with Gasteiger partial charge >= 0.3 is 0 Å². The number of imidazole rings is 1. The number of ether oxygens (including phenoxy) is 1. The Morgan fingerprint density at radius 1 is 1.58 bits per heavy atom. The number of aliphatic hydroxyl groups is 1. The van der Waals surface area contributed by atoms with Gasteiger partial charge in [-0.1, -0.05) is 11.8 Å². The molecule has 0 aromatic carbocycles. The first-order valence-corrected chi connectivity index (χ1v) is 7.70. The Bertz CT molecular complexity index is 409. The molecule has 108 valence electrons. The van der Waals surface area contributed by atoms with Gasteiger partial charge in [-0.2, -0.15) is 0 Å².